The van der Waals surface area contributed by atoms with Gasteiger partial charge in [0.2, 0.25) is 0 Å². The lowest BCUT2D eigenvalue weighted by atomic mass is 9.83. The number of halogens is 4. The van der Waals surface area contributed by atoms with Crippen molar-refractivity contribution < 1.29 is 85.9 Å². The van der Waals surface area contributed by atoms with Gasteiger partial charge in [-0.2, -0.15) is 0 Å². The Bertz CT molecular complexity index is 267. The molecule has 0 saturated carbocycles. The van der Waals surface area contributed by atoms with Crippen LogP contribution in [0, 0.1) is 5.41 Å². The van der Waals surface area contributed by atoms with Gasteiger partial charge < -0.3 is 85.9 Å². The highest BCUT2D eigenvalue weighted by Gasteiger charge is 2.48. The van der Waals surface area contributed by atoms with Crippen LogP contribution in [0.4, 0.5) is 0 Å². The minimum Gasteiger partial charge on any atom is -1.00 e. The number of rotatable bonds is 8. The van der Waals surface area contributed by atoms with Gasteiger partial charge in [0.05, 0.1) is 84.6 Å². The Morgan fingerprint density at radius 2 is 0.480 bits per heavy atom. The zero-order valence-corrected chi connectivity index (χ0v) is 25.0. The SMILES string of the molecule is C[N+](C)(C)CC(C[N+](C)(C)C)(C[N+](C)(C)C)C[N+](C)(C)C.[Br-].[Br-].[Br-].[Br-]. The molecule has 0 aromatic rings. The summed E-state index contributed by atoms with van der Waals surface area (Å²) in [5.74, 6) is 0. The molecule has 0 saturated heterocycles. The van der Waals surface area contributed by atoms with Crippen LogP contribution in [0.15, 0.2) is 0 Å². The molecule has 0 fully saturated rings. The second-order valence-electron chi connectivity index (χ2n) is 11.3. The molecule has 0 heterocycles. The van der Waals surface area contributed by atoms with Gasteiger partial charge >= 0.3 is 0 Å². The fourth-order valence-corrected chi connectivity index (χ4v) is 4.32. The van der Waals surface area contributed by atoms with E-state index in [-0.39, 0.29) is 67.9 Å². The summed E-state index contributed by atoms with van der Waals surface area (Å²) in [6, 6.07) is 0. The molecule has 0 spiro atoms. The molecule has 0 aliphatic carbocycles. The molecule has 25 heavy (non-hydrogen) atoms. The molecule has 0 atom stereocenters. The highest BCUT2D eigenvalue weighted by molar-refractivity contribution is 4.79. The maximum atomic E-state index is 2.33. The van der Waals surface area contributed by atoms with Crippen molar-refractivity contribution in [3.8, 4) is 0 Å². The molecule has 0 aliphatic rings. The Hall–Kier alpha value is 1.76. The van der Waals surface area contributed by atoms with Gasteiger partial charge in [-0.15, -0.1) is 0 Å². The lowest BCUT2D eigenvalue weighted by molar-refractivity contribution is -0.947. The predicted octanol–water partition coefficient (Wildman–Crippen LogP) is -11.2. The third-order valence-electron chi connectivity index (χ3n) is 3.24. The van der Waals surface area contributed by atoms with Crippen molar-refractivity contribution in [2.45, 2.75) is 0 Å². The first-order valence-electron chi connectivity index (χ1n) is 8.05. The topological polar surface area (TPSA) is 0 Å². The Balaban J connectivity index is -0.000000333. The third-order valence-corrected chi connectivity index (χ3v) is 3.24. The van der Waals surface area contributed by atoms with Crippen LogP contribution in [0.1, 0.15) is 0 Å². The predicted molar refractivity (Wildman–Crippen MR) is 94.0 cm³/mol. The number of hydrogen-bond donors (Lipinski definition) is 0. The molecule has 0 aliphatic heterocycles. The Morgan fingerprint density at radius 1 is 0.360 bits per heavy atom. The zero-order chi connectivity index (χ0) is 17.3. The van der Waals surface area contributed by atoms with Gasteiger partial charge in [0.25, 0.3) is 0 Å². The van der Waals surface area contributed by atoms with E-state index >= 15 is 0 Å². The van der Waals surface area contributed by atoms with Crippen molar-refractivity contribution in [3.63, 3.8) is 0 Å². The van der Waals surface area contributed by atoms with Crippen LogP contribution in [-0.2, 0) is 0 Å². The van der Waals surface area contributed by atoms with Crippen LogP contribution >= 0.6 is 0 Å². The quantitative estimate of drug-likeness (QED) is 0.236. The summed E-state index contributed by atoms with van der Waals surface area (Å²) in [6.45, 7) is 4.86. The standard InChI is InChI=1S/C17H44N4.4BrH/c1-18(2,3)13-17(14-19(4,5)6,15-20(7,8)9)16-21(10,11)12;;;;/h13-16H2,1-12H3;4*1H/q+4;;;;/p-4. The smallest absolute Gasteiger partial charge is 0.165 e. The van der Waals surface area contributed by atoms with Gasteiger partial charge in [-0.1, -0.05) is 0 Å². The van der Waals surface area contributed by atoms with Crippen molar-refractivity contribution in [2.24, 2.45) is 5.41 Å². The van der Waals surface area contributed by atoms with Gasteiger partial charge in [-0.3, -0.25) is 0 Å². The van der Waals surface area contributed by atoms with Crippen molar-refractivity contribution in [1.82, 2.24) is 0 Å². The number of nitrogens with zero attached hydrogens (tertiary/aromatic N) is 4. The van der Waals surface area contributed by atoms with E-state index in [1.54, 1.807) is 0 Å². The largest absolute Gasteiger partial charge is 1.00 e. The van der Waals surface area contributed by atoms with Crippen LogP contribution in [0.2, 0.25) is 0 Å². The summed E-state index contributed by atoms with van der Waals surface area (Å²) < 4.78 is 4.11. The highest BCUT2D eigenvalue weighted by Crippen LogP contribution is 2.28. The van der Waals surface area contributed by atoms with E-state index in [1.165, 1.54) is 26.2 Å². The second kappa shape index (κ2) is 12.3. The summed E-state index contributed by atoms with van der Waals surface area (Å²) in [7, 11) is 27.9. The van der Waals surface area contributed by atoms with Gasteiger partial charge in [0.1, 0.15) is 26.2 Å². The molecule has 0 aromatic carbocycles. The molecule has 4 nitrogen and oxygen atoms in total. The van der Waals surface area contributed by atoms with E-state index in [2.05, 4.69) is 84.6 Å². The zero-order valence-electron chi connectivity index (χ0n) is 18.6. The molecule has 0 aromatic heterocycles. The average Bonchev–Trinajstić information content (AvgIpc) is 1.83. The maximum absolute atomic E-state index is 2.33. The van der Waals surface area contributed by atoms with Gasteiger partial charge in [-0.05, 0) is 0 Å². The molecule has 8 heteroatoms. The average molecular weight is 624 g/mol. The molecular formula is C17H44Br4N4. The summed E-state index contributed by atoms with van der Waals surface area (Å²) in [6.07, 6.45) is 0. The Morgan fingerprint density at radius 3 is 0.560 bits per heavy atom. The van der Waals surface area contributed by atoms with E-state index in [9.17, 15) is 0 Å². The summed E-state index contributed by atoms with van der Waals surface area (Å²) in [5.41, 5.74) is 0.326. The van der Waals surface area contributed by atoms with Gasteiger partial charge in [-0.25, -0.2) is 0 Å². The molecular weight excluding hydrogens is 580 g/mol. The molecule has 0 unspecified atom stereocenters. The monoisotopic (exact) mass is 620 g/mol. The first kappa shape index (κ1) is 37.5. The minimum atomic E-state index is 0. The first-order valence-corrected chi connectivity index (χ1v) is 8.05. The van der Waals surface area contributed by atoms with Gasteiger partial charge in [0, 0.05) is 0 Å². The molecule has 0 radical (unpaired) electrons. The van der Waals surface area contributed by atoms with E-state index in [1.807, 2.05) is 0 Å². The Kier molecular flexibility index (Phi) is 18.5. The maximum Gasteiger partial charge on any atom is 0.165 e. The molecule has 0 N–H and O–H groups in total. The van der Waals surface area contributed by atoms with Crippen molar-refractivity contribution in [1.29, 1.82) is 0 Å². The van der Waals surface area contributed by atoms with Crippen LogP contribution in [0.5, 0.6) is 0 Å². The van der Waals surface area contributed by atoms with Crippen molar-refractivity contribution in [2.75, 3.05) is 111 Å². The lowest BCUT2D eigenvalue weighted by Gasteiger charge is -2.47. The van der Waals surface area contributed by atoms with Crippen LogP contribution < -0.4 is 67.9 Å². The third kappa shape index (κ3) is 21.9. The fraction of sp³-hybridized carbons (Fsp3) is 1.00. The summed E-state index contributed by atoms with van der Waals surface area (Å²) in [5, 5.41) is 0. The second-order valence-corrected chi connectivity index (χ2v) is 11.3. The van der Waals surface area contributed by atoms with Crippen LogP contribution in [0.25, 0.3) is 0 Å². The van der Waals surface area contributed by atoms with Crippen LogP contribution in [-0.4, -0.2) is 129 Å². The van der Waals surface area contributed by atoms with Crippen LogP contribution in [0.3, 0.4) is 0 Å². The van der Waals surface area contributed by atoms with E-state index < -0.39 is 0 Å². The minimum absolute atomic E-state index is 0. The lowest BCUT2D eigenvalue weighted by Crippen LogP contribution is -3.00. The highest BCUT2D eigenvalue weighted by atomic mass is 79.9. The normalized spacial score (nSPS) is 13.0. The molecule has 160 valence electrons. The summed E-state index contributed by atoms with van der Waals surface area (Å²) >= 11 is 0. The van der Waals surface area contributed by atoms with E-state index in [0.717, 1.165) is 17.9 Å². The van der Waals surface area contributed by atoms with E-state index in [0.29, 0.717) is 5.41 Å². The fourth-order valence-electron chi connectivity index (χ4n) is 4.32. The molecule has 0 rings (SSSR count). The van der Waals surface area contributed by atoms with Crippen molar-refractivity contribution >= 4 is 0 Å². The Labute approximate surface area is 201 Å². The molecule has 0 amide bonds. The van der Waals surface area contributed by atoms with Crippen molar-refractivity contribution in [3.05, 3.63) is 0 Å². The number of quaternary nitrogens is 4. The summed E-state index contributed by atoms with van der Waals surface area (Å²) in [4.78, 5) is 0. The number of hydrogen-bond acceptors (Lipinski definition) is 0. The molecule has 0 bridgehead atoms. The first-order chi connectivity index (χ1) is 8.83. The van der Waals surface area contributed by atoms with E-state index in [4.69, 9.17) is 0 Å². The van der Waals surface area contributed by atoms with Gasteiger partial charge in [0.15, 0.2) is 5.41 Å².